The number of carbonyl (C=O) groups excluding carboxylic acids is 1. The molecule has 5 nitrogen and oxygen atoms in total. The Morgan fingerprint density at radius 2 is 2.00 bits per heavy atom. The van der Waals surface area contributed by atoms with E-state index in [1.165, 1.54) is 11.3 Å². The van der Waals surface area contributed by atoms with Crippen LogP contribution < -0.4 is 10.9 Å². The third-order valence-corrected chi connectivity index (χ3v) is 5.42. The topological polar surface area (TPSA) is 64.0 Å². The zero-order valence-electron chi connectivity index (χ0n) is 14.1. The van der Waals surface area contributed by atoms with Gasteiger partial charge in [0.25, 0.3) is 5.56 Å². The van der Waals surface area contributed by atoms with Gasteiger partial charge in [0.1, 0.15) is 18.2 Å². The van der Waals surface area contributed by atoms with Crippen molar-refractivity contribution in [1.29, 1.82) is 0 Å². The summed E-state index contributed by atoms with van der Waals surface area (Å²) in [5.41, 5.74) is 0.0857. The summed E-state index contributed by atoms with van der Waals surface area (Å²) in [6, 6.07) is 10.4. The fourth-order valence-corrected chi connectivity index (χ4v) is 4.07. The number of carbonyl (C=O) groups is 1. The van der Waals surface area contributed by atoms with Gasteiger partial charge in [-0.25, -0.2) is 13.5 Å². The van der Waals surface area contributed by atoms with Gasteiger partial charge in [0.05, 0.1) is 21.5 Å². The number of aryl methyl sites for hydroxylation is 1. The molecule has 0 radical (unpaired) electrons. The maximum absolute atomic E-state index is 13.7. The lowest BCUT2D eigenvalue weighted by Gasteiger charge is -2.09. The number of hydrogen-bond donors (Lipinski definition) is 1. The Balaban J connectivity index is 1.71. The minimum absolute atomic E-state index is 0.159. The van der Waals surface area contributed by atoms with E-state index in [-0.39, 0.29) is 17.8 Å². The molecule has 136 valence electrons. The van der Waals surface area contributed by atoms with Crippen molar-refractivity contribution < 1.29 is 13.6 Å². The first-order valence-corrected chi connectivity index (χ1v) is 8.89. The highest BCUT2D eigenvalue weighted by atomic mass is 32.1. The largest absolute Gasteiger partial charge is 0.322 e. The first-order valence-electron chi connectivity index (χ1n) is 8.08. The molecule has 0 aliphatic rings. The predicted octanol–water partition coefficient (Wildman–Crippen LogP) is 3.84. The number of rotatable bonds is 3. The van der Waals surface area contributed by atoms with Crippen molar-refractivity contribution in [2.45, 2.75) is 13.5 Å². The average molecular weight is 385 g/mol. The number of aromatic nitrogens is 2. The van der Waals surface area contributed by atoms with Crippen LogP contribution in [-0.4, -0.2) is 15.7 Å². The van der Waals surface area contributed by atoms with Gasteiger partial charge in [-0.3, -0.25) is 9.59 Å². The van der Waals surface area contributed by atoms with Crippen LogP contribution >= 0.6 is 11.3 Å². The third kappa shape index (κ3) is 3.08. The lowest BCUT2D eigenvalue weighted by molar-refractivity contribution is -0.117. The summed E-state index contributed by atoms with van der Waals surface area (Å²) in [6.07, 6.45) is 0. The summed E-state index contributed by atoms with van der Waals surface area (Å²) in [7, 11) is 0. The zero-order valence-corrected chi connectivity index (χ0v) is 14.9. The minimum Gasteiger partial charge on any atom is -0.322 e. The van der Waals surface area contributed by atoms with E-state index in [2.05, 4.69) is 10.4 Å². The Morgan fingerprint density at radius 3 is 2.78 bits per heavy atom. The number of halogens is 2. The van der Waals surface area contributed by atoms with Crippen molar-refractivity contribution in [3.8, 4) is 0 Å². The number of nitrogens with zero attached hydrogens (tertiary/aromatic N) is 2. The van der Waals surface area contributed by atoms with Crippen molar-refractivity contribution in [2.75, 3.05) is 5.32 Å². The number of thiophene rings is 1. The van der Waals surface area contributed by atoms with Gasteiger partial charge >= 0.3 is 0 Å². The fourth-order valence-electron chi connectivity index (χ4n) is 2.94. The molecule has 1 amide bonds. The maximum Gasteiger partial charge on any atom is 0.276 e. The van der Waals surface area contributed by atoms with Crippen molar-refractivity contribution >= 4 is 43.1 Å². The van der Waals surface area contributed by atoms with E-state index in [4.69, 9.17) is 0 Å². The molecule has 1 N–H and O–H groups in total. The Bertz CT molecular complexity index is 1260. The molecule has 4 rings (SSSR count). The van der Waals surface area contributed by atoms with E-state index >= 15 is 0 Å². The minimum atomic E-state index is -0.890. The highest BCUT2D eigenvalue weighted by molar-refractivity contribution is 7.26. The Labute approximate surface area is 155 Å². The molecule has 8 heteroatoms. The lowest BCUT2D eigenvalue weighted by Crippen LogP contribution is -2.30. The number of benzene rings is 2. The molecule has 0 bridgehead atoms. The number of amides is 1. The standard InChI is InChI=1S/C19H13F2N3O2S/c1-10-18-17(12-4-2-3-5-15(12)27-18)19(26)24(23-10)9-16(25)22-14-7-6-11(20)8-13(14)21/h2-8H,9H2,1H3,(H,22,25). The van der Waals surface area contributed by atoms with E-state index in [1.807, 2.05) is 24.3 Å². The van der Waals surface area contributed by atoms with E-state index in [9.17, 15) is 18.4 Å². The first kappa shape index (κ1) is 17.3. The molecule has 2 heterocycles. The van der Waals surface area contributed by atoms with Crippen LogP contribution in [0.1, 0.15) is 5.69 Å². The highest BCUT2D eigenvalue weighted by Crippen LogP contribution is 2.32. The van der Waals surface area contributed by atoms with Crippen LogP contribution in [0.4, 0.5) is 14.5 Å². The molecule has 0 unspecified atom stereocenters. The molecule has 0 aliphatic heterocycles. The van der Waals surface area contributed by atoms with Crippen LogP contribution in [0, 0.1) is 18.6 Å². The zero-order chi connectivity index (χ0) is 19.1. The quantitative estimate of drug-likeness (QED) is 0.583. The number of anilines is 1. The second kappa shape index (κ2) is 6.55. The fraction of sp³-hybridized carbons (Fsp3) is 0.105. The second-order valence-corrected chi connectivity index (χ2v) is 7.08. The van der Waals surface area contributed by atoms with E-state index in [0.717, 1.165) is 31.6 Å². The molecule has 0 fully saturated rings. The third-order valence-electron chi connectivity index (χ3n) is 4.14. The van der Waals surface area contributed by atoms with Gasteiger partial charge in [0.15, 0.2) is 0 Å². The number of hydrogen-bond acceptors (Lipinski definition) is 4. The number of nitrogens with one attached hydrogen (secondary N) is 1. The van der Waals surface area contributed by atoms with Crippen molar-refractivity contribution in [2.24, 2.45) is 0 Å². The molecule has 0 saturated heterocycles. The smallest absolute Gasteiger partial charge is 0.276 e. The average Bonchev–Trinajstić information content (AvgIpc) is 3.02. The Morgan fingerprint density at radius 1 is 1.22 bits per heavy atom. The van der Waals surface area contributed by atoms with Gasteiger partial charge in [-0.1, -0.05) is 18.2 Å². The van der Waals surface area contributed by atoms with Gasteiger partial charge < -0.3 is 5.32 Å². The molecular weight excluding hydrogens is 372 g/mol. The Hall–Kier alpha value is -3.13. The molecular formula is C19H13F2N3O2S. The monoisotopic (exact) mass is 385 g/mol. The molecule has 4 aromatic rings. The van der Waals surface area contributed by atoms with Crippen LogP contribution in [0.15, 0.2) is 47.3 Å². The van der Waals surface area contributed by atoms with Crippen LogP contribution in [0.3, 0.4) is 0 Å². The van der Waals surface area contributed by atoms with Crippen LogP contribution in [-0.2, 0) is 11.3 Å². The van der Waals surface area contributed by atoms with Gasteiger partial charge in [0.2, 0.25) is 5.91 Å². The lowest BCUT2D eigenvalue weighted by atomic mass is 10.2. The molecule has 0 aliphatic carbocycles. The SMILES string of the molecule is Cc1nn(CC(=O)Nc2ccc(F)cc2F)c(=O)c2c1sc1ccccc12. The molecule has 0 saturated carbocycles. The van der Waals surface area contributed by atoms with Gasteiger partial charge in [-0.2, -0.15) is 5.10 Å². The van der Waals surface area contributed by atoms with Gasteiger partial charge in [0, 0.05) is 16.2 Å². The second-order valence-electron chi connectivity index (χ2n) is 6.02. The van der Waals surface area contributed by atoms with Crippen LogP contribution in [0.25, 0.3) is 20.2 Å². The summed E-state index contributed by atoms with van der Waals surface area (Å²) < 4.78 is 29.5. The van der Waals surface area contributed by atoms with Crippen molar-refractivity contribution in [3.63, 3.8) is 0 Å². The molecule has 2 aromatic heterocycles. The van der Waals surface area contributed by atoms with E-state index in [0.29, 0.717) is 17.1 Å². The van der Waals surface area contributed by atoms with Crippen molar-refractivity contribution in [1.82, 2.24) is 9.78 Å². The highest BCUT2D eigenvalue weighted by Gasteiger charge is 2.16. The van der Waals surface area contributed by atoms with Crippen LogP contribution in [0.5, 0.6) is 0 Å². The maximum atomic E-state index is 13.7. The predicted molar refractivity (Wildman–Crippen MR) is 101 cm³/mol. The molecule has 2 aromatic carbocycles. The van der Waals surface area contributed by atoms with Crippen molar-refractivity contribution in [3.05, 3.63) is 70.1 Å². The molecule has 0 atom stereocenters. The molecule has 0 spiro atoms. The summed E-state index contributed by atoms with van der Waals surface area (Å²) in [5, 5.41) is 7.88. The molecule has 27 heavy (non-hydrogen) atoms. The van der Waals surface area contributed by atoms with Gasteiger partial charge in [-0.15, -0.1) is 11.3 Å². The first-order chi connectivity index (χ1) is 12.9. The summed E-state index contributed by atoms with van der Waals surface area (Å²) in [5.74, 6) is -2.26. The van der Waals surface area contributed by atoms with E-state index < -0.39 is 17.5 Å². The summed E-state index contributed by atoms with van der Waals surface area (Å²) >= 11 is 1.47. The van der Waals surface area contributed by atoms with Crippen LogP contribution in [0.2, 0.25) is 0 Å². The Kier molecular flexibility index (Phi) is 4.19. The summed E-state index contributed by atoms with van der Waals surface area (Å²) in [6.45, 7) is 1.39. The normalized spacial score (nSPS) is 11.2. The van der Waals surface area contributed by atoms with E-state index in [1.54, 1.807) is 6.92 Å². The number of fused-ring (bicyclic) bond motifs is 3. The van der Waals surface area contributed by atoms with Gasteiger partial charge in [-0.05, 0) is 25.1 Å². The summed E-state index contributed by atoms with van der Waals surface area (Å²) in [4.78, 5) is 25.1.